The van der Waals surface area contributed by atoms with Crippen LogP contribution in [0.15, 0.2) is 104 Å². The third kappa shape index (κ3) is 8.52. The van der Waals surface area contributed by atoms with E-state index in [1.165, 1.54) is 27.2 Å². The molecule has 8 rings (SSSR count). The maximum absolute atomic E-state index is 13.7. The van der Waals surface area contributed by atoms with Gasteiger partial charge in [0.2, 0.25) is 5.91 Å². The number of carbonyl (C=O) groups excluding carboxylic acids is 3. The molecule has 15 heteroatoms. The van der Waals surface area contributed by atoms with Crippen LogP contribution >= 0.6 is 22.7 Å². The normalized spacial score (nSPS) is 13.6. The molecule has 0 saturated heterocycles. The molecule has 2 aliphatic heterocycles. The smallest absolute Gasteiger partial charge is 0.259 e. The van der Waals surface area contributed by atoms with Crippen molar-refractivity contribution in [3.05, 3.63) is 116 Å². The van der Waals surface area contributed by atoms with Gasteiger partial charge in [0.05, 0.1) is 22.1 Å². The Hall–Kier alpha value is -6.71. The summed E-state index contributed by atoms with van der Waals surface area (Å²) in [6.07, 6.45) is 9.93. The zero-order valence-corrected chi connectivity index (χ0v) is 35.6. The average molecular weight is 853 g/mol. The molecule has 6 heterocycles. The fraction of sp³-hybridized carbons (Fsp3) is 0.239. The van der Waals surface area contributed by atoms with E-state index in [9.17, 15) is 24.0 Å². The lowest BCUT2D eigenvalue weighted by Gasteiger charge is -2.22. The van der Waals surface area contributed by atoms with E-state index in [0.29, 0.717) is 64.6 Å². The van der Waals surface area contributed by atoms with Crippen LogP contribution in [0.3, 0.4) is 0 Å². The molecule has 2 aromatic carbocycles. The SMILES string of the molecule is CCCN(CCC)C(=O)C1=Cc2ccc(-c3cc4c(=O)n(CC(=O)NNC5=Nc6cc(-c7cc8c(=O)n(CC)ccc8s7)ccc6C=C(C=O)C5)ccc4s3)cc2N=C(N)C1. The van der Waals surface area contributed by atoms with Gasteiger partial charge >= 0.3 is 0 Å². The van der Waals surface area contributed by atoms with Crippen molar-refractivity contribution in [3.8, 4) is 20.9 Å². The molecule has 0 spiro atoms. The van der Waals surface area contributed by atoms with Crippen LogP contribution in [0, 0.1) is 0 Å². The first-order valence-electron chi connectivity index (χ1n) is 20.2. The number of aryl methyl sites for hydroxylation is 1. The second-order valence-electron chi connectivity index (χ2n) is 15.0. The third-order valence-electron chi connectivity index (χ3n) is 10.6. The number of amidine groups is 2. The van der Waals surface area contributed by atoms with Gasteiger partial charge in [-0.2, -0.15) is 0 Å². The summed E-state index contributed by atoms with van der Waals surface area (Å²) in [7, 11) is 0. The summed E-state index contributed by atoms with van der Waals surface area (Å²) in [4.78, 5) is 78.4. The Morgan fingerprint density at radius 2 is 1.38 bits per heavy atom. The number of carbonyl (C=O) groups is 3. The number of fused-ring (bicyclic) bond motifs is 4. The molecule has 0 aliphatic carbocycles. The van der Waals surface area contributed by atoms with Crippen molar-refractivity contribution in [1.82, 2.24) is 24.9 Å². The van der Waals surface area contributed by atoms with Crippen LogP contribution in [-0.2, 0) is 27.5 Å². The number of nitrogens with one attached hydrogen (secondary N) is 2. The van der Waals surface area contributed by atoms with Crippen LogP contribution in [0.25, 0.3) is 53.2 Å². The number of aromatic nitrogens is 2. The van der Waals surface area contributed by atoms with Crippen molar-refractivity contribution in [2.75, 3.05) is 13.1 Å². The van der Waals surface area contributed by atoms with E-state index in [0.717, 1.165) is 60.5 Å². The molecule has 310 valence electrons. The highest BCUT2D eigenvalue weighted by molar-refractivity contribution is 7.22. The Bertz CT molecular complexity index is 3000. The number of nitrogens with two attached hydrogens (primary N) is 1. The molecule has 2 amide bonds. The van der Waals surface area contributed by atoms with E-state index in [1.807, 2.05) is 78.6 Å². The molecule has 0 atom stereocenters. The first kappa shape index (κ1) is 41.0. The van der Waals surface area contributed by atoms with Crippen LogP contribution in [-0.4, -0.2) is 56.9 Å². The number of aliphatic imine (C=N–C) groups is 2. The number of nitrogens with zero attached hydrogens (tertiary/aromatic N) is 5. The molecular formula is C46H44N8O5S2. The minimum atomic E-state index is -0.489. The highest BCUT2D eigenvalue weighted by Gasteiger charge is 2.22. The van der Waals surface area contributed by atoms with E-state index >= 15 is 0 Å². The van der Waals surface area contributed by atoms with Crippen LogP contribution in [0.1, 0.15) is 57.6 Å². The first-order chi connectivity index (χ1) is 29.5. The number of thiophene rings is 2. The Morgan fingerprint density at radius 3 is 1.98 bits per heavy atom. The standard InChI is InChI=1S/C46H44N8O5S2/c1-4-13-53(14-5-2)44(57)32-19-29-8-10-30(20-35(29)48-41(47)22-32)40-24-34-38(61-40)12-16-54(46(34)59)25-43(56)51-50-42-18-27(26-55)17-28-7-9-31(21-36(28)49-42)39-23-33-37(60-39)11-15-52(6-3)45(33)58/h7-12,15-17,19-21,23-24,26H,4-6,13-14,18,22,25H2,1-3H3,(H2,47,48)(H,49,50)(H,51,56). The summed E-state index contributed by atoms with van der Waals surface area (Å²) >= 11 is 2.97. The van der Waals surface area contributed by atoms with Crippen molar-refractivity contribution in [2.45, 2.75) is 59.5 Å². The number of hydrazine groups is 1. The topological polar surface area (TPSA) is 173 Å². The lowest BCUT2D eigenvalue weighted by atomic mass is 10.0. The van der Waals surface area contributed by atoms with E-state index < -0.39 is 5.91 Å². The van der Waals surface area contributed by atoms with Gasteiger partial charge in [-0.05, 0) is 79.4 Å². The summed E-state index contributed by atoms with van der Waals surface area (Å²) in [5, 5.41) is 1.13. The average Bonchev–Trinajstić information content (AvgIpc) is 3.80. The minimum Gasteiger partial charge on any atom is -0.387 e. The van der Waals surface area contributed by atoms with Gasteiger partial charge in [0.25, 0.3) is 17.0 Å². The molecule has 0 saturated carbocycles. The Labute approximate surface area is 359 Å². The Kier molecular flexibility index (Phi) is 11.8. The third-order valence-corrected chi connectivity index (χ3v) is 12.9. The van der Waals surface area contributed by atoms with E-state index in [2.05, 4.69) is 29.7 Å². The van der Waals surface area contributed by atoms with Crippen LogP contribution in [0.2, 0.25) is 0 Å². The first-order valence-corrected chi connectivity index (χ1v) is 21.8. The van der Waals surface area contributed by atoms with Gasteiger partial charge in [0, 0.05) is 86.3 Å². The summed E-state index contributed by atoms with van der Waals surface area (Å²) in [5.41, 5.74) is 17.0. The fourth-order valence-corrected chi connectivity index (χ4v) is 9.67. The zero-order chi connectivity index (χ0) is 42.8. The van der Waals surface area contributed by atoms with Gasteiger partial charge in [0.15, 0.2) is 0 Å². The predicted octanol–water partition coefficient (Wildman–Crippen LogP) is 7.55. The zero-order valence-electron chi connectivity index (χ0n) is 34.0. The summed E-state index contributed by atoms with van der Waals surface area (Å²) < 4.78 is 4.67. The lowest BCUT2D eigenvalue weighted by molar-refractivity contribution is -0.127. The predicted molar refractivity (Wildman–Crippen MR) is 247 cm³/mol. The number of aldehydes is 1. The Balaban J connectivity index is 0.984. The van der Waals surface area contributed by atoms with Crippen molar-refractivity contribution < 1.29 is 14.4 Å². The Morgan fingerprint density at radius 1 is 0.787 bits per heavy atom. The van der Waals surface area contributed by atoms with Gasteiger partial charge in [-0.1, -0.05) is 38.1 Å². The van der Waals surface area contributed by atoms with Gasteiger partial charge in [-0.25, -0.2) is 9.98 Å². The molecule has 0 bridgehead atoms. The second kappa shape index (κ2) is 17.5. The van der Waals surface area contributed by atoms with Gasteiger partial charge < -0.3 is 19.8 Å². The monoisotopic (exact) mass is 852 g/mol. The minimum absolute atomic E-state index is 0.0263. The van der Waals surface area contributed by atoms with Gasteiger partial charge in [0.1, 0.15) is 24.5 Å². The highest BCUT2D eigenvalue weighted by Crippen LogP contribution is 2.38. The molecule has 61 heavy (non-hydrogen) atoms. The summed E-state index contributed by atoms with van der Waals surface area (Å²) in [6.45, 7) is 7.71. The molecule has 4 N–H and O–H groups in total. The number of hydrogen-bond acceptors (Lipinski definition) is 11. The fourth-order valence-electron chi connectivity index (χ4n) is 7.58. The van der Waals surface area contributed by atoms with Crippen molar-refractivity contribution >= 4 is 96.1 Å². The molecule has 2 aliphatic rings. The lowest BCUT2D eigenvalue weighted by Crippen LogP contribution is -2.44. The molecule has 0 unspecified atom stereocenters. The molecule has 6 aromatic rings. The van der Waals surface area contributed by atoms with E-state index in [1.54, 1.807) is 23.0 Å². The maximum Gasteiger partial charge on any atom is 0.259 e. The van der Waals surface area contributed by atoms with Crippen LogP contribution in [0.4, 0.5) is 11.4 Å². The molecule has 4 aromatic heterocycles. The molecule has 0 radical (unpaired) electrons. The van der Waals surface area contributed by atoms with Crippen LogP contribution < -0.4 is 27.7 Å². The second-order valence-corrected chi connectivity index (χ2v) is 17.1. The quantitative estimate of drug-likeness (QED) is 0.0892. The van der Waals surface area contributed by atoms with Crippen molar-refractivity contribution in [3.63, 3.8) is 0 Å². The number of amides is 2. The number of benzene rings is 2. The molecular weight excluding hydrogens is 809 g/mol. The highest BCUT2D eigenvalue weighted by atomic mass is 32.1. The van der Waals surface area contributed by atoms with E-state index in [4.69, 9.17) is 10.7 Å². The van der Waals surface area contributed by atoms with Crippen molar-refractivity contribution in [2.24, 2.45) is 15.7 Å². The molecule has 13 nitrogen and oxygen atoms in total. The number of rotatable bonds is 11. The largest absolute Gasteiger partial charge is 0.387 e. The van der Waals surface area contributed by atoms with Gasteiger partial charge in [-0.15, -0.1) is 22.7 Å². The van der Waals surface area contributed by atoms with E-state index in [-0.39, 0.29) is 36.4 Å². The van der Waals surface area contributed by atoms with Crippen molar-refractivity contribution in [1.29, 1.82) is 0 Å². The summed E-state index contributed by atoms with van der Waals surface area (Å²) in [5.74, 6) is 0.184. The van der Waals surface area contributed by atoms with Gasteiger partial charge in [-0.3, -0.25) is 34.8 Å². The molecule has 0 fully saturated rings. The maximum atomic E-state index is 13.7. The number of hydrogen-bond donors (Lipinski definition) is 3. The number of pyridine rings is 2. The summed E-state index contributed by atoms with van der Waals surface area (Å²) in [6, 6.07) is 19.0. The van der Waals surface area contributed by atoms with Crippen LogP contribution in [0.5, 0.6) is 0 Å².